The van der Waals surface area contributed by atoms with E-state index < -0.39 is 10.0 Å². The normalized spacial score (nSPS) is 14.5. The fraction of sp³-hybridized carbons (Fsp3) is 0.316. The van der Waals surface area contributed by atoms with E-state index in [0.717, 1.165) is 24.8 Å². The molecular formula is C19H21ClN2O3S. The van der Waals surface area contributed by atoms with Crippen LogP contribution in [0.3, 0.4) is 0 Å². The summed E-state index contributed by atoms with van der Waals surface area (Å²) < 4.78 is 27.6. The highest BCUT2D eigenvalue weighted by Gasteiger charge is 2.26. The number of amides is 1. The lowest BCUT2D eigenvalue weighted by molar-refractivity contribution is 0.0963. The zero-order valence-corrected chi connectivity index (χ0v) is 16.1. The maximum Gasteiger partial charge on any atom is 0.251 e. The van der Waals surface area contributed by atoms with Gasteiger partial charge in [0, 0.05) is 24.2 Å². The van der Waals surface area contributed by atoms with Gasteiger partial charge >= 0.3 is 0 Å². The van der Waals surface area contributed by atoms with Gasteiger partial charge in [-0.25, -0.2) is 8.42 Å². The molecule has 0 aromatic heterocycles. The highest BCUT2D eigenvalue weighted by atomic mass is 35.5. The molecule has 1 aliphatic rings. The Hall–Kier alpha value is -2.05. The van der Waals surface area contributed by atoms with Crippen molar-refractivity contribution in [2.75, 3.05) is 17.9 Å². The van der Waals surface area contributed by atoms with Crippen LogP contribution in [-0.4, -0.2) is 27.9 Å². The van der Waals surface area contributed by atoms with Crippen LogP contribution >= 0.6 is 11.6 Å². The van der Waals surface area contributed by atoms with E-state index in [1.54, 1.807) is 43.4 Å². The molecule has 3 rings (SSSR count). The maximum atomic E-state index is 13.0. The number of hydrogen-bond donors (Lipinski definition) is 1. The molecule has 0 fully saturated rings. The second kappa shape index (κ2) is 7.68. The van der Waals surface area contributed by atoms with Gasteiger partial charge in [0.2, 0.25) is 10.0 Å². The summed E-state index contributed by atoms with van der Waals surface area (Å²) in [5.41, 5.74) is 2.84. The van der Waals surface area contributed by atoms with E-state index in [2.05, 4.69) is 5.32 Å². The molecule has 0 saturated carbocycles. The molecule has 0 spiro atoms. The molecule has 1 amide bonds. The van der Waals surface area contributed by atoms with Crippen LogP contribution in [0.25, 0.3) is 0 Å². The lowest BCUT2D eigenvalue weighted by Crippen LogP contribution is -2.33. The Morgan fingerprint density at radius 3 is 2.58 bits per heavy atom. The van der Waals surface area contributed by atoms with E-state index in [-0.39, 0.29) is 11.7 Å². The van der Waals surface area contributed by atoms with E-state index in [9.17, 15) is 13.2 Å². The molecule has 0 bridgehead atoms. The summed E-state index contributed by atoms with van der Waals surface area (Å²) in [5, 5.41) is 3.17. The SMILES string of the molecule is CNC(=O)c1ccc(CS(=O)(=O)N2CCCCc3cc(Cl)ccc32)cc1. The van der Waals surface area contributed by atoms with Gasteiger partial charge in [-0.15, -0.1) is 0 Å². The lowest BCUT2D eigenvalue weighted by Gasteiger charge is -2.24. The Balaban J connectivity index is 1.87. The summed E-state index contributed by atoms with van der Waals surface area (Å²) in [6.45, 7) is 0.466. The number of hydrogen-bond acceptors (Lipinski definition) is 3. The molecule has 0 saturated heterocycles. The van der Waals surface area contributed by atoms with Crippen LogP contribution in [0.4, 0.5) is 5.69 Å². The van der Waals surface area contributed by atoms with Crippen molar-refractivity contribution >= 4 is 33.2 Å². The average Bonchev–Trinajstić information content (AvgIpc) is 2.83. The molecule has 0 radical (unpaired) electrons. The van der Waals surface area contributed by atoms with Crippen LogP contribution in [-0.2, 0) is 22.2 Å². The second-order valence-electron chi connectivity index (χ2n) is 6.33. The molecule has 1 aliphatic heterocycles. The fourth-order valence-corrected chi connectivity index (χ4v) is 5.01. The smallest absolute Gasteiger partial charge is 0.251 e. The third-order valence-electron chi connectivity index (χ3n) is 4.50. The summed E-state index contributed by atoms with van der Waals surface area (Å²) in [4.78, 5) is 11.6. The molecule has 1 heterocycles. The van der Waals surface area contributed by atoms with E-state index in [1.165, 1.54) is 4.31 Å². The number of nitrogens with zero attached hydrogens (tertiary/aromatic N) is 1. The van der Waals surface area contributed by atoms with Crippen molar-refractivity contribution in [3.05, 3.63) is 64.2 Å². The van der Waals surface area contributed by atoms with Crippen molar-refractivity contribution in [1.82, 2.24) is 5.32 Å². The molecule has 0 aliphatic carbocycles. The van der Waals surface area contributed by atoms with Crippen molar-refractivity contribution in [3.8, 4) is 0 Å². The number of carbonyl (C=O) groups excluding carboxylic acids is 1. The first-order chi connectivity index (χ1) is 12.4. The minimum Gasteiger partial charge on any atom is -0.355 e. The van der Waals surface area contributed by atoms with Gasteiger partial charge in [0.25, 0.3) is 5.91 Å². The van der Waals surface area contributed by atoms with Crippen LogP contribution in [0.15, 0.2) is 42.5 Å². The Bertz CT molecular complexity index is 911. The van der Waals surface area contributed by atoms with Crippen molar-refractivity contribution in [2.24, 2.45) is 0 Å². The Morgan fingerprint density at radius 2 is 1.88 bits per heavy atom. The standard InChI is InChI=1S/C19H21ClN2O3S/c1-21-19(23)15-7-5-14(6-8-15)13-26(24,25)22-11-3-2-4-16-12-17(20)9-10-18(16)22/h5-10,12H,2-4,11,13H2,1H3,(H,21,23). The van der Waals surface area contributed by atoms with E-state index in [0.29, 0.717) is 28.4 Å². The first-order valence-electron chi connectivity index (χ1n) is 8.50. The van der Waals surface area contributed by atoms with Crippen LogP contribution < -0.4 is 9.62 Å². The van der Waals surface area contributed by atoms with Gasteiger partial charge in [-0.3, -0.25) is 9.10 Å². The van der Waals surface area contributed by atoms with Crippen molar-refractivity contribution in [1.29, 1.82) is 0 Å². The summed E-state index contributed by atoms with van der Waals surface area (Å²) in [6, 6.07) is 12.0. The molecule has 0 unspecified atom stereocenters. The third kappa shape index (κ3) is 4.02. The number of nitrogens with one attached hydrogen (secondary N) is 1. The molecule has 2 aromatic carbocycles. The molecule has 0 atom stereocenters. The number of halogens is 1. The minimum absolute atomic E-state index is 0.108. The summed E-state index contributed by atoms with van der Waals surface area (Å²) in [5.74, 6) is -0.305. The van der Waals surface area contributed by atoms with E-state index in [1.807, 2.05) is 6.07 Å². The van der Waals surface area contributed by atoms with Crippen LogP contribution in [0, 0.1) is 0 Å². The first kappa shape index (κ1) is 18.7. The van der Waals surface area contributed by atoms with Gasteiger partial charge in [0.15, 0.2) is 0 Å². The third-order valence-corrected chi connectivity index (χ3v) is 6.48. The van der Waals surface area contributed by atoms with Crippen LogP contribution in [0.1, 0.15) is 34.3 Å². The summed E-state index contributed by atoms with van der Waals surface area (Å²) >= 11 is 6.07. The molecule has 5 nitrogen and oxygen atoms in total. The summed E-state index contributed by atoms with van der Waals surface area (Å²) in [6.07, 6.45) is 2.56. The minimum atomic E-state index is -3.53. The van der Waals surface area contributed by atoms with Crippen LogP contribution in [0.2, 0.25) is 5.02 Å². The van der Waals surface area contributed by atoms with Crippen molar-refractivity contribution in [3.63, 3.8) is 0 Å². The largest absolute Gasteiger partial charge is 0.355 e. The number of carbonyl (C=O) groups is 1. The quantitative estimate of drug-likeness (QED) is 0.867. The maximum absolute atomic E-state index is 13.0. The van der Waals surface area contributed by atoms with Gasteiger partial charge in [0.1, 0.15) is 0 Å². The molecule has 26 heavy (non-hydrogen) atoms. The zero-order chi connectivity index (χ0) is 18.7. The van der Waals surface area contributed by atoms with Crippen LogP contribution in [0.5, 0.6) is 0 Å². The predicted molar refractivity (Wildman–Crippen MR) is 104 cm³/mol. The van der Waals surface area contributed by atoms with Gasteiger partial charge in [-0.2, -0.15) is 0 Å². The fourth-order valence-electron chi connectivity index (χ4n) is 3.16. The highest BCUT2D eigenvalue weighted by Crippen LogP contribution is 2.31. The van der Waals surface area contributed by atoms with E-state index >= 15 is 0 Å². The lowest BCUT2D eigenvalue weighted by atomic mass is 10.1. The average molecular weight is 393 g/mol. The van der Waals surface area contributed by atoms with Crippen molar-refractivity contribution < 1.29 is 13.2 Å². The summed E-state index contributed by atoms with van der Waals surface area (Å²) in [7, 11) is -1.98. The van der Waals surface area contributed by atoms with Gasteiger partial charge < -0.3 is 5.32 Å². The van der Waals surface area contributed by atoms with Crippen molar-refractivity contribution in [2.45, 2.75) is 25.0 Å². The number of rotatable bonds is 4. The Labute approximate surface area is 159 Å². The van der Waals surface area contributed by atoms with Gasteiger partial charge in [-0.1, -0.05) is 23.7 Å². The van der Waals surface area contributed by atoms with E-state index in [4.69, 9.17) is 11.6 Å². The number of sulfonamides is 1. The molecule has 138 valence electrons. The number of fused-ring (bicyclic) bond motifs is 1. The van der Waals surface area contributed by atoms with Gasteiger partial charge in [0.05, 0.1) is 11.4 Å². The Morgan fingerprint density at radius 1 is 1.15 bits per heavy atom. The Kier molecular flexibility index (Phi) is 5.53. The topological polar surface area (TPSA) is 66.5 Å². The highest BCUT2D eigenvalue weighted by molar-refractivity contribution is 7.92. The molecule has 2 aromatic rings. The molecule has 1 N–H and O–H groups in total. The number of anilines is 1. The zero-order valence-electron chi connectivity index (χ0n) is 14.5. The van der Waals surface area contributed by atoms with Gasteiger partial charge in [-0.05, 0) is 60.7 Å². The molecular weight excluding hydrogens is 372 g/mol. The first-order valence-corrected chi connectivity index (χ1v) is 10.5. The molecule has 7 heteroatoms. The monoisotopic (exact) mass is 392 g/mol. The predicted octanol–water partition coefficient (Wildman–Crippen LogP) is 3.37. The number of aryl methyl sites for hydroxylation is 1. The second-order valence-corrected chi connectivity index (χ2v) is 8.66. The number of benzene rings is 2.